The van der Waals surface area contributed by atoms with Crippen molar-refractivity contribution >= 4 is 22.1 Å². The number of benzene rings is 2. The van der Waals surface area contributed by atoms with E-state index in [4.69, 9.17) is 0 Å². The van der Waals surface area contributed by atoms with E-state index in [-0.39, 0.29) is 10.6 Å². The Hall–Kier alpha value is -2.97. The Morgan fingerprint density at radius 2 is 1.88 bits per heavy atom. The molecule has 1 amide bonds. The summed E-state index contributed by atoms with van der Waals surface area (Å²) >= 11 is 0. The lowest BCUT2D eigenvalue weighted by Gasteiger charge is -2.06. The fraction of sp³-hybridized carbons (Fsp3) is 0.111. The summed E-state index contributed by atoms with van der Waals surface area (Å²) in [5, 5.41) is 13.8. The zero-order valence-corrected chi connectivity index (χ0v) is 14.7. The minimum absolute atomic E-state index is 0.0511. The lowest BCUT2D eigenvalue weighted by atomic mass is 10.1. The van der Waals surface area contributed by atoms with Gasteiger partial charge in [0.2, 0.25) is 10.0 Å². The summed E-state index contributed by atoms with van der Waals surface area (Å²) in [7, 11) is -3.76. The first-order chi connectivity index (χ1) is 12.4. The second kappa shape index (κ2) is 8.93. The SMILES string of the molecule is C=CCc1cccc(/C=N/NC(=O)CNS(=O)(=O)c2ccccc2)c1O. The monoisotopic (exact) mass is 373 g/mol. The van der Waals surface area contributed by atoms with Crippen molar-refractivity contribution in [2.75, 3.05) is 6.54 Å². The van der Waals surface area contributed by atoms with Crippen LogP contribution in [0.1, 0.15) is 11.1 Å². The Balaban J connectivity index is 1.92. The molecule has 0 aliphatic rings. The van der Waals surface area contributed by atoms with Crippen LogP contribution in [0.4, 0.5) is 0 Å². The number of amides is 1. The van der Waals surface area contributed by atoms with E-state index in [1.165, 1.54) is 18.3 Å². The van der Waals surface area contributed by atoms with Crippen LogP contribution in [0.2, 0.25) is 0 Å². The molecule has 0 heterocycles. The van der Waals surface area contributed by atoms with Gasteiger partial charge >= 0.3 is 0 Å². The molecule has 3 N–H and O–H groups in total. The molecule has 0 bridgehead atoms. The molecule has 0 spiro atoms. The van der Waals surface area contributed by atoms with Gasteiger partial charge in [-0.2, -0.15) is 5.10 Å². The van der Waals surface area contributed by atoms with Gasteiger partial charge in [0, 0.05) is 5.56 Å². The Morgan fingerprint density at radius 3 is 2.58 bits per heavy atom. The van der Waals surface area contributed by atoms with E-state index in [2.05, 4.69) is 21.8 Å². The number of para-hydroxylation sites is 1. The summed E-state index contributed by atoms with van der Waals surface area (Å²) in [5.41, 5.74) is 3.32. The zero-order valence-electron chi connectivity index (χ0n) is 13.9. The van der Waals surface area contributed by atoms with Crippen molar-refractivity contribution in [2.45, 2.75) is 11.3 Å². The molecule has 0 aliphatic carbocycles. The number of phenolic OH excluding ortho intramolecular Hbond substituents is 1. The molecule has 0 unspecified atom stereocenters. The molecule has 0 saturated carbocycles. The number of hydrazone groups is 1. The van der Waals surface area contributed by atoms with Gasteiger partial charge in [-0.05, 0) is 30.2 Å². The summed E-state index contributed by atoms with van der Waals surface area (Å²) in [6.45, 7) is 3.16. The highest BCUT2D eigenvalue weighted by Crippen LogP contribution is 2.21. The number of carbonyl (C=O) groups excluding carboxylic acids is 1. The maximum Gasteiger partial charge on any atom is 0.255 e. The maximum atomic E-state index is 12.0. The summed E-state index contributed by atoms with van der Waals surface area (Å²) in [6.07, 6.45) is 3.45. The number of aromatic hydroxyl groups is 1. The van der Waals surface area contributed by atoms with Gasteiger partial charge in [-0.3, -0.25) is 4.79 Å². The predicted molar refractivity (Wildman–Crippen MR) is 99.4 cm³/mol. The van der Waals surface area contributed by atoms with E-state index < -0.39 is 22.5 Å². The fourth-order valence-corrected chi connectivity index (χ4v) is 3.10. The quantitative estimate of drug-likeness (QED) is 0.371. The first-order valence-electron chi connectivity index (χ1n) is 7.72. The standard InChI is InChI=1S/C18H19N3O4S/c1-2-7-14-8-6-9-15(18(14)23)12-19-21-17(22)13-20-26(24,25)16-10-4-3-5-11-16/h2-6,8-12,20,23H,1,7,13H2,(H,21,22)/b19-12+. The fourth-order valence-electron chi connectivity index (χ4n) is 2.09. The predicted octanol–water partition coefficient (Wildman–Crippen LogP) is 1.55. The summed E-state index contributed by atoms with van der Waals surface area (Å²) < 4.78 is 26.2. The van der Waals surface area contributed by atoms with Crippen molar-refractivity contribution in [3.8, 4) is 5.75 Å². The first-order valence-corrected chi connectivity index (χ1v) is 9.20. The largest absolute Gasteiger partial charge is 0.507 e. The third-order valence-corrected chi connectivity index (χ3v) is 4.80. The van der Waals surface area contributed by atoms with Gasteiger partial charge in [0.25, 0.3) is 5.91 Å². The lowest BCUT2D eigenvalue weighted by molar-refractivity contribution is -0.119. The van der Waals surface area contributed by atoms with Crippen molar-refractivity contribution in [1.82, 2.24) is 10.1 Å². The number of carbonyl (C=O) groups is 1. The Kier molecular flexibility index (Phi) is 6.65. The average molecular weight is 373 g/mol. The van der Waals surface area contributed by atoms with Gasteiger partial charge in [0.15, 0.2) is 0 Å². The molecule has 2 aromatic rings. The minimum atomic E-state index is -3.76. The van der Waals surface area contributed by atoms with Crippen LogP contribution in [0, 0.1) is 0 Å². The normalized spacial score (nSPS) is 11.4. The summed E-state index contributed by atoms with van der Waals surface area (Å²) in [5.74, 6) is -0.585. The van der Waals surface area contributed by atoms with Crippen molar-refractivity contribution < 1.29 is 18.3 Å². The number of sulfonamides is 1. The molecule has 0 atom stereocenters. The summed E-state index contributed by atoms with van der Waals surface area (Å²) in [4.78, 5) is 11.8. The van der Waals surface area contributed by atoms with Gasteiger partial charge in [0.1, 0.15) is 5.75 Å². The van der Waals surface area contributed by atoms with Gasteiger partial charge in [-0.25, -0.2) is 18.6 Å². The maximum absolute atomic E-state index is 12.0. The molecule has 0 radical (unpaired) electrons. The van der Waals surface area contributed by atoms with Gasteiger partial charge in [0.05, 0.1) is 17.7 Å². The molecule has 136 valence electrons. The summed E-state index contributed by atoms with van der Waals surface area (Å²) in [6, 6.07) is 12.9. The van der Waals surface area contributed by atoms with Crippen LogP contribution in [0.3, 0.4) is 0 Å². The van der Waals surface area contributed by atoms with E-state index in [0.29, 0.717) is 17.5 Å². The second-order valence-corrected chi connectivity index (χ2v) is 7.05. The van der Waals surface area contributed by atoms with E-state index in [1.807, 2.05) is 0 Å². The van der Waals surface area contributed by atoms with Gasteiger partial charge in [-0.15, -0.1) is 6.58 Å². The number of hydrogen-bond acceptors (Lipinski definition) is 5. The lowest BCUT2D eigenvalue weighted by Crippen LogP contribution is -2.34. The smallest absolute Gasteiger partial charge is 0.255 e. The number of allylic oxidation sites excluding steroid dienone is 1. The van der Waals surface area contributed by atoms with Crippen LogP contribution in [-0.4, -0.2) is 32.2 Å². The van der Waals surface area contributed by atoms with E-state index in [1.54, 1.807) is 42.5 Å². The van der Waals surface area contributed by atoms with E-state index >= 15 is 0 Å². The number of nitrogens with zero attached hydrogens (tertiary/aromatic N) is 1. The number of rotatable bonds is 8. The third-order valence-electron chi connectivity index (χ3n) is 3.38. The number of hydrogen-bond donors (Lipinski definition) is 3. The van der Waals surface area contributed by atoms with Gasteiger partial charge < -0.3 is 5.11 Å². The van der Waals surface area contributed by atoms with Crippen molar-refractivity contribution in [1.29, 1.82) is 0 Å². The molecule has 2 rings (SSSR count). The van der Waals surface area contributed by atoms with Gasteiger partial charge in [-0.1, -0.05) is 36.4 Å². The van der Waals surface area contributed by atoms with Crippen LogP contribution in [-0.2, 0) is 21.2 Å². The molecule has 2 aromatic carbocycles. The van der Waals surface area contributed by atoms with Crippen LogP contribution in [0.5, 0.6) is 5.75 Å². The zero-order chi connectivity index (χ0) is 19.0. The molecule has 0 aromatic heterocycles. The molecular weight excluding hydrogens is 354 g/mol. The first kappa shape index (κ1) is 19.4. The molecule has 0 fully saturated rings. The highest BCUT2D eigenvalue weighted by molar-refractivity contribution is 7.89. The number of phenols is 1. The molecule has 0 saturated heterocycles. The van der Waals surface area contributed by atoms with Crippen LogP contribution in [0.25, 0.3) is 0 Å². The number of nitrogens with one attached hydrogen (secondary N) is 2. The van der Waals surface area contributed by atoms with Crippen molar-refractivity contribution in [2.24, 2.45) is 5.10 Å². The Bertz CT molecular complexity index is 909. The van der Waals surface area contributed by atoms with E-state index in [0.717, 1.165) is 0 Å². The average Bonchev–Trinajstić information content (AvgIpc) is 2.64. The van der Waals surface area contributed by atoms with Crippen molar-refractivity contribution in [3.05, 3.63) is 72.3 Å². The molecule has 8 heteroatoms. The molecular formula is C18H19N3O4S. The highest BCUT2D eigenvalue weighted by atomic mass is 32.2. The second-order valence-electron chi connectivity index (χ2n) is 5.28. The van der Waals surface area contributed by atoms with Crippen LogP contribution >= 0.6 is 0 Å². The van der Waals surface area contributed by atoms with Crippen LogP contribution < -0.4 is 10.1 Å². The molecule has 7 nitrogen and oxygen atoms in total. The van der Waals surface area contributed by atoms with Crippen molar-refractivity contribution in [3.63, 3.8) is 0 Å². The topological polar surface area (TPSA) is 108 Å². The van der Waals surface area contributed by atoms with E-state index in [9.17, 15) is 18.3 Å². The minimum Gasteiger partial charge on any atom is -0.507 e. The van der Waals surface area contributed by atoms with Crippen LogP contribution in [0.15, 0.2) is 71.2 Å². The Morgan fingerprint density at radius 1 is 1.15 bits per heavy atom. The highest BCUT2D eigenvalue weighted by Gasteiger charge is 2.14. The molecule has 26 heavy (non-hydrogen) atoms. The molecule has 0 aliphatic heterocycles. The third kappa shape index (κ3) is 5.27. The Labute approximate surface area is 152 Å².